The van der Waals surface area contributed by atoms with Gasteiger partial charge < -0.3 is 15.2 Å². The average Bonchev–Trinajstić information content (AvgIpc) is 2.73. The number of nitrogens with one attached hydrogen (secondary N) is 1. The number of hydrogen-bond acceptors (Lipinski definition) is 3. The Hall–Kier alpha value is -0.970. The molecule has 1 amide bonds. The van der Waals surface area contributed by atoms with Crippen molar-refractivity contribution in [3.8, 4) is 5.75 Å². The smallest absolute Gasteiger partial charge is 0.256 e. The molecule has 1 fully saturated rings. The summed E-state index contributed by atoms with van der Waals surface area (Å²) in [6.07, 6.45) is 1.49. The molecule has 1 aliphatic heterocycles. The summed E-state index contributed by atoms with van der Waals surface area (Å²) in [7, 11) is 0. The van der Waals surface area contributed by atoms with E-state index in [2.05, 4.69) is 5.32 Å². The molecule has 1 atom stereocenters. The van der Waals surface area contributed by atoms with Gasteiger partial charge in [0.2, 0.25) is 0 Å². The Morgan fingerprint density at radius 1 is 1.50 bits per heavy atom. The molecule has 0 saturated carbocycles. The van der Waals surface area contributed by atoms with Gasteiger partial charge in [0.15, 0.2) is 5.75 Å². The van der Waals surface area contributed by atoms with Crippen molar-refractivity contribution in [2.75, 3.05) is 11.9 Å². The van der Waals surface area contributed by atoms with E-state index in [1.54, 1.807) is 6.92 Å². The lowest BCUT2D eigenvalue weighted by molar-refractivity contribution is -0.133. The highest BCUT2D eigenvalue weighted by Gasteiger charge is 2.38. The second kappa shape index (κ2) is 4.96. The minimum absolute atomic E-state index is 0.0929. The Morgan fingerprint density at radius 2 is 2.22 bits per heavy atom. The van der Waals surface area contributed by atoms with Gasteiger partial charge in [0.05, 0.1) is 10.7 Å². The zero-order valence-corrected chi connectivity index (χ0v) is 11.3. The Labute approximate surface area is 115 Å². The van der Waals surface area contributed by atoms with E-state index < -0.39 is 5.60 Å². The first-order chi connectivity index (χ1) is 8.42. The molecule has 2 N–H and O–H groups in total. The fourth-order valence-corrected chi connectivity index (χ4v) is 2.37. The Kier molecular flexibility index (Phi) is 3.71. The van der Waals surface area contributed by atoms with Crippen molar-refractivity contribution in [1.29, 1.82) is 0 Å². The minimum Gasteiger partial charge on any atom is -0.504 e. The lowest BCUT2D eigenvalue weighted by Gasteiger charge is -2.22. The first-order valence-corrected chi connectivity index (χ1v) is 6.31. The number of carbonyl (C=O) groups excluding carboxylic acids is 1. The van der Waals surface area contributed by atoms with E-state index in [4.69, 9.17) is 27.9 Å². The van der Waals surface area contributed by atoms with Crippen molar-refractivity contribution in [2.24, 2.45) is 0 Å². The van der Waals surface area contributed by atoms with Gasteiger partial charge >= 0.3 is 0 Å². The molecule has 1 aromatic carbocycles. The molecule has 0 bridgehead atoms. The van der Waals surface area contributed by atoms with Crippen molar-refractivity contribution in [3.63, 3.8) is 0 Å². The Morgan fingerprint density at radius 3 is 2.83 bits per heavy atom. The zero-order valence-electron chi connectivity index (χ0n) is 9.80. The topological polar surface area (TPSA) is 58.6 Å². The van der Waals surface area contributed by atoms with Crippen molar-refractivity contribution >= 4 is 34.8 Å². The van der Waals surface area contributed by atoms with Crippen LogP contribution in [-0.4, -0.2) is 23.2 Å². The summed E-state index contributed by atoms with van der Waals surface area (Å²) >= 11 is 11.6. The van der Waals surface area contributed by atoms with Crippen molar-refractivity contribution in [2.45, 2.75) is 25.4 Å². The molecule has 2 rings (SSSR count). The maximum Gasteiger partial charge on any atom is 0.256 e. The molecular formula is C12H13Cl2NO3. The molecule has 1 unspecified atom stereocenters. The van der Waals surface area contributed by atoms with Crippen LogP contribution in [-0.2, 0) is 9.53 Å². The number of halogens is 2. The van der Waals surface area contributed by atoms with Crippen molar-refractivity contribution in [3.05, 3.63) is 22.2 Å². The van der Waals surface area contributed by atoms with Crippen LogP contribution in [0.1, 0.15) is 19.8 Å². The van der Waals surface area contributed by atoms with E-state index in [1.165, 1.54) is 12.1 Å². The number of phenolic OH excluding ortho intramolecular Hbond substituents is 1. The standard InChI is InChI=1S/C12H13Cl2NO3/c1-12(3-2-4-18-12)11(17)15-9-6-7(13)5-8(14)10(9)16/h5-6,16H,2-4H2,1H3,(H,15,17). The highest BCUT2D eigenvalue weighted by atomic mass is 35.5. The molecule has 98 valence electrons. The number of benzene rings is 1. The lowest BCUT2D eigenvalue weighted by Crippen LogP contribution is -2.39. The normalized spacial score (nSPS) is 23.1. The number of aromatic hydroxyl groups is 1. The lowest BCUT2D eigenvalue weighted by atomic mass is 10.0. The Bertz CT molecular complexity index is 484. The second-order valence-electron chi connectivity index (χ2n) is 4.42. The molecule has 4 nitrogen and oxygen atoms in total. The summed E-state index contributed by atoms with van der Waals surface area (Å²) in [6.45, 7) is 2.28. The number of rotatable bonds is 2. The van der Waals surface area contributed by atoms with Crippen LogP contribution in [0.5, 0.6) is 5.75 Å². The zero-order chi connectivity index (χ0) is 13.3. The highest BCUT2D eigenvalue weighted by molar-refractivity contribution is 6.36. The van der Waals surface area contributed by atoms with Crippen LogP contribution in [0.2, 0.25) is 10.0 Å². The van der Waals surface area contributed by atoms with E-state index >= 15 is 0 Å². The minimum atomic E-state index is -0.860. The van der Waals surface area contributed by atoms with Gasteiger partial charge in [-0.3, -0.25) is 4.79 Å². The first-order valence-electron chi connectivity index (χ1n) is 5.56. The van der Waals surface area contributed by atoms with E-state index in [0.717, 1.165) is 6.42 Å². The second-order valence-corrected chi connectivity index (χ2v) is 5.26. The van der Waals surface area contributed by atoms with Crippen LogP contribution in [0, 0.1) is 0 Å². The maximum absolute atomic E-state index is 12.1. The summed E-state index contributed by atoms with van der Waals surface area (Å²) in [4.78, 5) is 12.1. The summed E-state index contributed by atoms with van der Waals surface area (Å²) < 4.78 is 5.42. The molecule has 0 aromatic heterocycles. The maximum atomic E-state index is 12.1. The number of ether oxygens (including phenoxy) is 1. The number of phenols is 1. The molecule has 0 radical (unpaired) electrons. The third kappa shape index (κ3) is 2.55. The molecule has 1 saturated heterocycles. The fraction of sp³-hybridized carbons (Fsp3) is 0.417. The van der Waals surface area contributed by atoms with Crippen LogP contribution in [0.15, 0.2) is 12.1 Å². The number of amides is 1. The van der Waals surface area contributed by atoms with Gasteiger partial charge in [0, 0.05) is 11.6 Å². The van der Waals surface area contributed by atoms with Crippen LogP contribution in [0.25, 0.3) is 0 Å². The van der Waals surface area contributed by atoms with E-state index in [0.29, 0.717) is 18.1 Å². The molecule has 1 aliphatic rings. The third-order valence-electron chi connectivity index (χ3n) is 2.98. The van der Waals surface area contributed by atoms with Gasteiger partial charge in [-0.15, -0.1) is 0 Å². The summed E-state index contributed by atoms with van der Waals surface area (Å²) in [6, 6.07) is 2.85. The van der Waals surface area contributed by atoms with Gasteiger partial charge in [0.25, 0.3) is 5.91 Å². The van der Waals surface area contributed by atoms with E-state index in [9.17, 15) is 9.90 Å². The molecule has 6 heteroatoms. The summed E-state index contributed by atoms with van der Waals surface area (Å²) in [5, 5.41) is 12.8. The number of anilines is 1. The van der Waals surface area contributed by atoms with Crippen molar-refractivity contribution < 1.29 is 14.6 Å². The quantitative estimate of drug-likeness (QED) is 0.822. The van der Waals surface area contributed by atoms with Gasteiger partial charge in [-0.05, 0) is 31.9 Å². The molecular weight excluding hydrogens is 277 g/mol. The summed E-state index contributed by atoms with van der Waals surface area (Å²) in [5.41, 5.74) is -0.671. The van der Waals surface area contributed by atoms with E-state index in [-0.39, 0.29) is 22.4 Å². The molecule has 0 spiro atoms. The summed E-state index contributed by atoms with van der Waals surface area (Å²) in [5.74, 6) is -0.510. The van der Waals surface area contributed by atoms with Crippen LogP contribution >= 0.6 is 23.2 Å². The monoisotopic (exact) mass is 289 g/mol. The largest absolute Gasteiger partial charge is 0.504 e. The number of hydrogen-bond donors (Lipinski definition) is 2. The predicted octanol–water partition coefficient (Wildman–Crippen LogP) is 3.21. The van der Waals surface area contributed by atoms with E-state index in [1.807, 2.05) is 0 Å². The van der Waals surface area contributed by atoms with Crippen molar-refractivity contribution in [1.82, 2.24) is 0 Å². The fourth-order valence-electron chi connectivity index (χ4n) is 1.87. The number of carbonyl (C=O) groups is 1. The van der Waals surface area contributed by atoms with Gasteiger partial charge in [-0.2, -0.15) is 0 Å². The molecule has 1 heterocycles. The van der Waals surface area contributed by atoms with Crippen LogP contribution < -0.4 is 5.32 Å². The molecule has 18 heavy (non-hydrogen) atoms. The predicted molar refractivity (Wildman–Crippen MR) is 70.3 cm³/mol. The molecule has 0 aliphatic carbocycles. The van der Waals surface area contributed by atoms with Crippen LogP contribution in [0.4, 0.5) is 5.69 Å². The Balaban J connectivity index is 2.21. The highest BCUT2D eigenvalue weighted by Crippen LogP contribution is 2.36. The first kappa shape index (κ1) is 13.5. The molecule has 1 aromatic rings. The third-order valence-corrected chi connectivity index (χ3v) is 3.48. The van der Waals surface area contributed by atoms with Gasteiger partial charge in [0.1, 0.15) is 5.60 Å². The van der Waals surface area contributed by atoms with Gasteiger partial charge in [-0.25, -0.2) is 0 Å². The van der Waals surface area contributed by atoms with Crippen LogP contribution in [0.3, 0.4) is 0 Å². The SMILES string of the molecule is CC1(C(=O)Nc2cc(Cl)cc(Cl)c2O)CCCO1. The average molecular weight is 290 g/mol. The van der Waals surface area contributed by atoms with Gasteiger partial charge in [-0.1, -0.05) is 23.2 Å².